The van der Waals surface area contributed by atoms with Crippen LogP contribution in [0.15, 0.2) is 0 Å². The Labute approximate surface area is 54.3 Å². The second-order valence-corrected chi connectivity index (χ2v) is 6.22. The van der Waals surface area contributed by atoms with Crippen LogP contribution in [0.3, 0.4) is 0 Å². The Morgan fingerprint density at radius 1 is 1.75 bits per heavy atom. The van der Waals surface area contributed by atoms with E-state index in [4.69, 9.17) is 16.0 Å². The zero-order valence-electron chi connectivity index (χ0n) is 5.22. The van der Waals surface area contributed by atoms with Crippen LogP contribution in [0.2, 0.25) is 0 Å². The first-order chi connectivity index (χ1) is 3.48. The summed E-state index contributed by atoms with van der Waals surface area (Å²) in [6, 6.07) is 0. The molecule has 0 aliphatic rings. The summed E-state index contributed by atoms with van der Waals surface area (Å²) in [5.74, 6) is -0.329. The Morgan fingerprint density at radius 3 is 2.12 bits per heavy atom. The first kappa shape index (κ1) is 8.48. The first-order valence-electron chi connectivity index (χ1n) is 2.28. The van der Waals surface area contributed by atoms with E-state index in [-0.39, 0.29) is 5.85 Å². The zero-order valence-corrected chi connectivity index (χ0v) is 6.87. The van der Waals surface area contributed by atoms with Crippen molar-refractivity contribution >= 4 is 17.7 Å². The molecular formula is C4H10ClO2P. The minimum Gasteiger partial charge on any atom is -0.373 e. The van der Waals surface area contributed by atoms with Crippen molar-refractivity contribution in [1.29, 1.82) is 0 Å². The van der Waals surface area contributed by atoms with E-state index in [1.807, 2.05) is 0 Å². The SMILES string of the molecule is COC(C)P(C)(=O)Cl. The Bertz CT molecular complexity index is 109. The summed E-state index contributed by atoms with van der Waals surface area (Å²) in [4.78, 5) is 0. The second-order valence-electron chi connectivity index (χ2n) is 1.72. The van der Waals surface area contributed by atoms with Crippen LogP contribution < -0.4 is 0 Å². The Kier molecular flexibility index (Phi) is 3.03. The molecule has 2 unspecified atom stereocenters. The smallest absolute Gasteiger partial charge is 0.193 e. The average molecular weight is 157 g/mol. The van der Waals surface area contributed by atoms with Crippen molar-refractivity contribution in [2.45, 2.75) is 12.8 Å². The molecule has 2 atom stereocenters. The maximum absolute atomic E-state index is 10.8. The van der Waals surface area contributed by atoms with Gasteiger partial charge in [0.1, 0.15) is 5.85 Å². The maximum Gasteiger partial charge on any atom is 0.193 e. The van der Waals surface area contributed by atoms with Crippen LogP contribution in [0.5, 0.6) is 0 Å². The average Bonchev–Trinajstić information content (AvgIpc) is 1.62. The molecule has 0 saturated heterocycles. The van der Waals surface area contributed by atoms with E-state index in [0.29, 0.717) is 0 Å². The molecule has 2 nitrogen and oxygen atoms in total. The molecular weight excluding hydrogens is 146 g/mol. The molecule has 0 heterocycles. The van der Waals surface area contributed by atoms with Crippen LogP contribution in [0.4, 0.5) is 0 Å². The molecule has 0 aromatic heterocycles. The summed E-state index contributed by atoms with van der Waals surface area (Å²) >= 11 is 5.41. The van der Waals surface area contributed by atoms with Crippen LogP contribution in [-0.2, 0) is 9.30 Å². The van der Waals surface area contributed by atoms with E-state index in [1.54, 1.807) is 6.92 Å². The highest BCUT2D eigenvalue weighted by Gasteiger charge is 2.19. The molecule has 0 N–H and O–H groups in total. The summed E-state index contributed by atoms with van der Waals surface area (Å²) in [5.41, 5.74) is 0. The predicted molar refractivity (Wildman–Crippen MR) is 35.9 cm³/mol. The minimum atomic E-state index is -2.51. The van der Waals surface area contributed by atoms with Crippen molar-refractivity contribution in [2.24, 2.45) is 0 Å². The van der Waals surface area contributed by atoms with E-state index < -0.39 is 6.49 Å². The third kappa shape index (κ3) is 2.71. The molecule has 0 bridgehead atoms. The molecule has 0 aliphatic heterocycles. The van der Waals surface area contributed by atoms with Gasteiger partial charge < -0.3 is 9.30 Å². The number of halogens is 1. The lowest BCUT2D eigenvalue weighted by atomic mass is 10.9. The zero-order chi connectivity index (χ0) is 6.78. The van der Waals surface area contributed by atoms with Gasteiger partial charge in [-0.05, 0) is 6.92 Å². The highest BCUT2D eigenvalue weighted by molar-refractivity contribution is 7.88. The summed E-state index contributed by atoms with van der Waals surface area (Å²) in [6.07, 6.45) is 0. The number of methoxy groups -OCH3 is 1. The lowest BCUT2D eigenvalue weighted by Gasteiger charge is -2.10. The molecule has 8 heavy (non-hydrogen) atoms. The highest BCUT2D eigenvalue weighted by atomic mass is 35.7. The summed E-state index contributed by atoms with van der Waals surface area (Å²) in [6.45, 7) is 0.670. The molecule has 0 rings (SSSR count). The second kappa shape index (κ2) is 2.86. The monoisotopic (exact) mass is 156 g/mol. The van der Waals surface area contributed by atoms with Crippen molar-refractivity contribution in [1.82, 2.24) is 0 Å². The van der Waals surface area contributed by atoms with Gasteiger partial charge in [0.25, 0.3) is 0 Å². The van der Waals surface area contributed by atoms with Crippen molar-refractivity contribution < 1.29 is 9.30 Å². The molecule has 4 heteroatoms. The van der Waals surface area contributed by atoms with Gasteiger partial charge in [-0.15, -0.1) is 0 Å². The lowest BCUT2D eigenvalue weighted by Crippen LogP contribution is -2.00. The summed E-state index contributed by atoms with van der Waals surface area (Å²) < 4.78 is 15.5. The Balaban J connectivity index is 3.82. The Hall–Kier alpha value is 0.480. The third-order valence-electron chi connectivity index (χ3n) is 0.991. The van der Waals surface area contributed by atoms with Crippen LogP contribution in [0.25, 0.3) is 0 Å². The summed E-state index contributed by atoms with van der Waals surface area (Å²) in [5, 5.41) is 0. The summed E-state index contributed by atoms with van der Waals surface area (Å²) in [7, 11) is 1.49. The van der Waals surface area contributed by atoms with Gasteiger partial charge in [-0.3, -0.25) is 0 Å². The lowest BCUT2D eigenvalue weighted by molar-refractivity contribution is 0.179. The quantitative estimate of drug-likeness (QED) is 0.573. The molecule has 0 fully saturated rings. The molecule has 0 aromatic rings. The molecule has 50 valence electrons. The molecule has 0 aliphatic carbocycles. The number of hydrogen-bond acceptors (Lipinski definition) is 2. The fourth-order valence-corrected chi connectivity index (χ4v) is 0.804. The van der Waals surface area contributed by atoms with Gasteiger partial charge in [0.05, 0.1) is 0 Å². The van der Waals surface area contributed by atoms with Gasteiger partial charge in [-0.25, -0.2) is 0 Å². The molecule has 0 aromatic carbocycles. The standard InChI is InChI=1S/C4H10ClO2P/c1-4(7-2)8(3,5)6/h4H,1-3H3. The molecule has 0 saturated carbocycles. The Morgan fingerprint density at radius 2 is 2.12 bits per heavy atom. The van der Waals surface area contributed by atoms with E-state index in [9.17, 15) is 4.57 Å². The van der Waals surface area contributed by atoms with Gasteiger partial charge in [-0.1, -0.05) is 11.2 Å². The third-order valence-corrected chi connectivity index (χ3v) is 3.32. The highest BCUT2D eigenvalue weighted by Crippen LogP contribution is 2.51. The van der Waals surface area contributed by atoms with Crippen LogP contribution in [-0.4, -0.2) is 19.6 Å². The van der Waals surface area contributed by atoms with Gasteiger partial charge >= 0.3 is 0 Å². The maximum atomic E-state index is 10.8. The number of hydrogen-bond donors (Lipinski definition) is 0. The van der Waals surface area contributed by atoms with Crippen molar-refractivity contribution in [2.75, 3.05) is 13.8 Å². The fraction of sp³-hybridized carbons (Fsp3) is 1.00. The van der Waals surface area contributed by atoms with Gasteiger partial charge in [0.2, 0.25) is 0 Å². The van der Waals surface area contributed by atoms with Gasteiger partial charge in [0.15, 0.2) is 6.49 Å². The van der Waals surface area contributed by atoms with E-state index in [2.05, 4.69) is 0 Å². The van der Waals surface area contributed by atoms with Crippen molar-refractivity contribution in [3.63, 3.8) is 0 Å². The van der Waals surface area contributed by atoms with E-state index in [1.165, 1.54) is 13.8 Å². The topological polar surface area (TPSA) is 26.3 Å². The van der Waals surface area contributed by atoms with Crippen LogP contribution in [0.1, 0.15) is 6.92 Å². The molecule has 0 radical (unpaired) electrons. The fourth-order valence-electron chi connectivity index (χ4n) is 0.188. The molecule has 0 amide bonds. The van der Waals surface area contributed by atoms with Gasteiger partial charge in [-0.2, -0.15) is 0 Å². The molecule has 0 spiro atoms. The predicted octanol–water partition coefficient (Wildman–Crippen LogP) is 2.13. The normalized spacial score (nSPS) is 22.0. The van der Waals surface area contributed by atoms with Gasteiger partial charge in [0, 0.05) is 13.8 Å². The van der Waals surface area contributed by atoms with Crippen LogP contribution >= 0.6 is 17.7 Å². The van der Waals surface area contributed by atoms with E-state index >= 15 is 0 Å². The number of ether oxygens (including phenoxy) is 1. The minimum absolute atomic E-state index is 0.329. The first-order valence-corrected chi connectivity index (χ1v) is 5.41. The van der Waals surface area contributed by atoms with Crippen LogP contribution in [0, 0.1) is 0 Å². The number of rotatable bonds is 2. The van der Waals surface area contributed by atoms with Crippen molar-refractivity contribution in [3.8, 4) is 0 Å². The largest absolute Gasteiger partial charge is 0.373 e. The van der Waals surface area contributed by atoms with E-state index in [0.717, 1.165) is 0 Å². The van der Waals surface area contributed by atoms with Crippen molar-refractivity contribution in [3.05, 3.63) is 0 Å².